The molecule has 1 atom stereocenters. The van der Waals surface area contributed by atoms with Gasteiger partial charge < -0.3 is 9.80 Å². The molecule has 0 bridgehead atoms. The summed E-state index contributed by atoms with van der Waals surface area (Å²) in [6.07, 6.45) is 3.06. The van der Waals surface area contributed by atoms with E-state index in [4.69, 9.17) is 0 Å². The number of halogens is 1. The minimum Gasteiger partial charge on any atom is -0.371 e. The summed E-state index contributed by atoms with van der Waals surface area (Å²) >= 11 is 0. The summed E-state index contributed by atoms with van der Waals surface area (Å²) in [5.74, 6) is -1.03. The van der Waals surface area contributed by atoms with Crippen LogP contribution in [0.15, 0.2) is 54.6 Å². The fourth-order valence-corrected chi connectivity index (χ4v) is 7.22. The van der Waals surface area contributed by atoms with Crippen LogP contribution < -0.4 is 9.62 Å². The van der Waals surface area contributed by atoms with E-state index in [0.29, 0.717) is 12.0 Å². The van der Waals surface area contributed by atoms with E-state index < -0.39 is 27.6 Å². The molecule has 1 N–H and O–H groups in total. The number of anilines is 1. The molecule has 9 heteroatoms. The van der Waals surface area contributed by atoms with Gasteiger partial charge in [-0.1, -0.05) is 24.3 Å². The van der Waals surface area contributed by atoms with Crippen LogP contribution in [0.5, 0.6) is 0 Å². The average molecular weight is 551 g/mol. The van der Waals surface area contributed by atoms with E-state index in [2.05, 4.69) is 26.7 Å². The number of benzene rings is 2. The van der Waals surface area contributed by atoms with Crippen LogP contribution in [0.1, 0.15) is 63.7 Å². The average Bonchev–Trinajstić information content (AvgIpc) is 3.29. The first-order valence-electron chi connectivity index (χ1n) is 13.4. The Morgan fingerprint density at radius 1 is 1.05 bits per heavy atom. The summed E-state index contributed by atoms with van der Waals surface area (Å²) in [6.45, 7) is 5.73. The number of hydrogen-bond donors (Lipinski definition) is 1. The number of aryl methyl sites for hydroxylation is 3. The Hall–Kier alpha value is -3.30. The van der Waals surface area contributed by atoms with Gasteiger partial charge >= 0.3 is 0 Å². The molecule has 2 aliphatic rings. The largest absolute Gasteiger partial charge is 0.371 e. The molecule has 1 saturated heterocycles. The van der Waals surface area contributed by atoms with Crippen LogP contribution in [0, 0.1) is 19.7 Å². The van der Waals surface area contributed by atoms with Crippen molar-refractivity contribution in [2.75, 3.05) is 25.0 Å². The van der Waals surface area contributed by atoms with Gasteiger partial charge in [0.05, 0.1) is 5.75 Å². The van der Waals surface area contributed by atoms with Crippen LogP contribution in [0.2, 0.25) is 0 Å². The molecule has 1 amide bonds. The van der Waals surface area contributed by atoms with Gasteiger partial charge in [0.2, 0.25) is 10.0 Å². The number of hydrogen-bond acceptors (Lipinski definition) is 5. The third-order valence-corrected chi connectivity index (χ3v) is 9.19. The Balaban J connectivity index is 1.24. The number of pyridine rings is 1. The number of piperidine rings is 1. The molecule has 3 aromatic rings. The highest BCUT2D eigenvalue weighted by molar-refractivity contribution is 7.88. The van der Waals surface area contributed by atoms with Crippen LogP contribution >= 0.6 is 0 Å². The monoisotopic (exact) mass is 550 g/mol. The fourth-order valence-electron chi connectivity index (χ4n) is 5.81. The summed E-state index contributed by atoms with van der Waals surface area (Å²) in [4.78, 5) is 22.1. The maximum absolute atomic E-state index is 14.0. The number of amides is 1. The van der Waals surface area contributed by atoms with Crippen molar-refractivity contribution in [1.29, 1.82) is 0 Å². The summed E-state index contributed by atoms with van der Waals surface area (Å²) < 4.78 is 42.5. The maximum Gasteiger partial charge on any atom is 0.253 e. The van der Waals surface area contributed by atoms with E-state index in [1.807, 2.05) is 44.0 Å². The molecule has 1 aliphatic carbocycles. The summed E-state index contributed by atoms with van der Waals surface area (Å²) in [5.41, 5.74) is 5.73. The van der Waals surface area contributed by atoms with Gasteiger partial charge in [-0.2, -0.15) is 0 Å². The lowest BCUT2D eigenvalue weighted by atomic mass is 10.00. The highest BCUT2D eigenvalue weighted by Crippen LogP contribution is 2.33. The molecular weight excluding hydrogens is 515 g/mol. The van der Waals surface area contributed by atoms with Crippen molar-refractivity contribution in [2.45, 2.75) is 57.4 Å². The third kappa shape index (κ3) is 6.15. The quantitative estimate of drug-likeness (QED) is 0.462. The van der Waals surface area contributed by atoms with Crippen LogP contribution in [-0.4, -0.2) is 50.4 Å². The van der Waals surface area contributed by atoms with Gasteiger partial charge in [0, 0.05) is 60.4 Å². The smallest absolute Gasteiger partial charge is 0.253 e. The molecular formula is C30H35FN4O3S. The van der Waals surface area contributed by atoms with Crippen LogP contribution in [0.25, 0.3) is 0 Å². The summed E-state index contributed by atoms with van der Waals surface area (Å²) in [6, 6.07) is 15.4. The minimum absolute atomic E-state index is 0.0632. The molecule has 0 spiro atoms. The van der Waals surface area contributed by atoms with E-state index in [0.717, 1.165) is 54.9 Å². The van der Waals surface area contributed by atoms with E-state index >= 15 is 0 Å². The zero-order valence-corrected chi connectivity index (χ0v) is 23.5. The number of nitrogens with one attached hydrogen (secondary N) is 1. The van der Waals surface area contributed by atoms with E-state index in [1.54, 1.807) is 6.07 Å². The standard InChI is InChI=1S/C30H35FN4O3S/c1-20-16-26(17-21(2)32-20)35-14-12-25(13-15-35)34(3)30(36)23-9-8-22-10-11-29(27(22)18-23)33-39(37,38)19-24-6-4-5-7-28(24)31/h4-9,16-18,25,29,33H,10-15,19H2,1-3H3. The number of sulfonamides is 1. The van der Waals surface area contributed by atoms with Crippen LogP contribution in [-0.2, 0) is 22.2 Å². The Morgan fingerprint density at radius 3 is 2.44 bits per heavy atom. The third-order valence-electron chi connectivity index (χ3n) is 7.86. The number of carbonyl (C=O) groups is 1. The Labute approximate surface area is 230 Å². The Kier molecular flexibility index (Phi) is 7.73. The van der Waals surface area contributed by atoms with Crippen LogP contribution in [0.3, 0.4) is 0 Å². The first-order valence-corrected chi connectivity index (χ1v) is 15.1. The normalized spacial score (nSPS) is 17.7. The van der Waals surface area contributed by atoms with Gasteiger partial charge in [0.25, 0.3) is 5.91 Å². The second-order valence-corrected chi connectivity index (χ2v) is 12.5. The lowest BCUT2D eigenvalue weighted by Gasteiger charge is -2.38. The molecule has 2 aromatic carbocycles. The molecule has 1 aromatic heterocycles. The van der Waals surface area contributed by atoms with Crippen molar-refractivity contribution in [3.8, 4) is 0 Å². The van der Waals surface area contributed by atoms with Crippen LogP contribution in [0.4, 0.5) is 10.1 Å². The Bertz CT molecular complexity index is 1470. The summed E-state index contributed by atoms with van der Waals surface area (Å²) in [7, 11) is -1.93. The molecule has 5 rings (SSSR count). The van der Waals surface area contributed by atoms with Crippen molar-refractivity contribution in [2.24, 2.45) is 0 Å². The minimum atomic E-state index is -3.78. The van der Waals surface area contributed by atoms with E-state index in [-0.39, 0.29) is 17.5 Å². The zero-order valence-electron chi connectivity index (χ0n) is 22.7. The summed E-state index contributed by atoms with van der Waals surface area (Å²) in [5, 5.41) is 0. The SMILES string of the molecule is Cc1cc(N2CCC(N(C)C(=O)c3ccc4c(c3)C(NS(=O)(=O)Cc3ccccc3F)CC4)CC2)cc(C)n1. The van der Waals surface area contributed by atoms with Gasteiger partial charge in [0.15, 0.2) is 0 Å². The second-order valence-electron chi connectivity index (χ2n) is 10.7. The number of fused-ring (bicyclic) bond motifs is 1. The fraction of sp³-hybridized carbons (Fsp3) is 0.400. The Morgan fingerprint density at radius 2 is 1.74 bits per heavy atom. The molecule has 1 aliphatic heterocycles. The first kappa shape index (κ1) is 27.3. The van der Waals surface area contributed by atoms with Gasteiger partial charge in [-0.05, 0) is 81.0 Å². The van der Waals surface area contributed by atoms with Gasteiger partial charge in [0.1, 0.15) is 5.82 Å². The molecule has 39 heavy (non-hydrogen) atoms. The molecule has 2 heterocycles. The predicted octanol–water partition coefficient (Wildman–Crippen LogP) is 4.69. The van der Waals surface area contributed by atoms with Gasteiger partial charge in [-0.25, -0.2) is 17.5 Å². The van der Waals surface area contributed by atoms with Crippen molar-refractivity contribution in [3.63, 3.8) is 0 Å². The highest BCUT2D eigenvalue weighted by Gasteiger charge is 2.30. The molecule has 1 fully saturated rings. The molecule has 7 nitrogen and oxygen atoms in total. The maximum atomic E-state index is 14.0. The predicted molar refractivity (Wildman–Crippen MR) is 151 cm³/mol. The van der Waals surface area contributed by atoms with Crippen molar-refractivity contribution < 1.29 is 17.6 Å². The van der Waals surface area contributed by atoms with Gasteiger partial charge in [-0.3, -0.25) is 9.78 Å². The lowest BCUT2D eigenvalue weighted by molar-refractivity contribution is 0.0709. The first-order chi connectivity index (χ1) is 18.6. The highest BCUT2D eigenvalue weighted by atomic mass is 32.2. The number of rotatable bonds is 7. The number of carbonyl (C=O) groups excluding carboxylic acids is 1. The lowest BCUT2D eigenvalue weighted by Crippen LogP contribution is -2.45. The topological polar surface area (TPSA) is 82.6 Å². The number of nitrogens with zero attached hydrogens (tertiary/aromatic N) is 3. The molecule has 206 valence electrons. The van der Waals surface area contributed by atoms with Crippen molar-refractivity contribution in [3.05, 3.63) is 94.1 Å². The zero-order chi connectivity index (χ0) is 27.7. The molecule has 0 saturated carbocycles. The van der Waals surface area contributed by atoms with E-state index in [1.165, 1.54) is 23.9 Å². The number of aromatic nitrogens is 1. The molecule has 1 unspecified atom stereocenters. The van der Waals surface area contributed by atoms with Gasteiger partial charge in [-0.15, -0.1) is 0 Å². The van der Waals surface area contributed by atoms with E-state index in [9.17, 15) is 17.6 Å². The second kappa shape index (κ2) is 11.1. The molecule has 0 radical (unpaired) electrons. The van der Waals surface area contributed by atoms with Crippen molar-refractivity contribution in [1.82, 2.24) is 14.6 Å². The van der Waals surface area contributed by atoms with Crippen molar-refractivity contribution >= 4 is 21.6 Å².